The monoisotopic (exact) mass is 350 g/mol. The molecule has 0 N–H and O–H groups in total. The van der Waals surface area contributed by atoms with Gasteiger partial charge in [0.25, 0.3) is 0 Å². The van der Waals surface area contributed by atoms with E-state index in [1.165, 1.54) is 0 Å². The van der Waals surface area contributed by atoms with Gasteiger partial charge >= 0.3 is 0 Å². The first-order chi connectivity index (χ1) is 10.1. The minimum Gasteiger partial charge on any atom is -0.299 e. The molecule has 0 radical (unpaired) electrons. The molecule has 1 aromatic rings. The zero-order chi connectivity index (χ0) is 15.4. The Morgan fingerprint density at radius 3 is 2.67 bits per heavy atom. The maximum absolute atomic E-state index is 12.6. The summed E-state index contributed by atoms with van der Waals surface area (Å²) >= 11 is 3.50. The van der Waals surface area contributed by atoms with Gasteiger partial charge in [-0.1, -0.05) is 42.3 Å². The van der Waals surface area contributed by atoms with Crippen LogP contribution < -0.4 is 0 Å². The third-order valence-electron chi connectivity index (χ3n) is 4.46. The highest BCUT2D eigenvalue weighted by Crippen LogP contribution is 2.35. The number of hydrogen-bond acceptors (Lipinski definition) is 2. The van der Waals surface area contributed by atoms with E-state index < -0.39 is 5.92 Å². The molecular weight excluding hydrogens is 328 g/mol. The lowest BCUT2D eigenvalue weighted by Gasteiger charge is -2.28. The van der Waals surface area contributed by atoms with Gasteiger partial charge < -0.3 is 0 Å². The molecule has 0 heterocycles. The zero-order valence-electron chi connectivity index (χ0n) is 12.8. The summed E-state index contributed by atoms with van der Waals surface area (Å²) in [7, 11) is 0. The number of rotatable bonds is 5. The van der Waals surface area contributed by atoms with E-state index in [-0.39, 0.29) is 17.5 Å². The fraction of sp³-hybridized carbons (Fsp3) is 0.556. The number of unbranched alkanes of at least 4 members (excludes halogenated alkanes) is 1. The Hall–Kier alpha value is -0.960. The van der Waals surface area contributed by atoms with Crippen LogP contribution in [-0.2, 0) is 16.0 Å². The first kappa shape index (κ1) is 16.4. The smallest absolute Gasteiger partial charge is 0.150 e. The lowest BCUT2D eigenvalue weighted by Crippen LogP contribution is -2.34. The SMILES string of the molecule is CCCCc1cc(Br)ccc1C1C(=O)CCC(CC)C1=O. The second-order valence-corrected chi connectivity index (χ2v) is 6.81. The Morgan fingerprint density at radius 1 is 1.24 bits per heavy atom. The molecule has 1 saturated carbocycles. The molecule has 2 atom stereocenters. The molecular formula is C18H23BrO2. The molecule has 21 heavy (non-hydrogen) atoms. The van der Waals surface area contributed by atoms with Crippen molar-refractivity contribution in [1.29, 1.82) is 0 Å². The molecule has 2 nitrogen and oxygen atoms in total. The number of benzene rings is 1. The van der Waals surface area contributed by atoms with Gasteiger partial charge in [0, 0.05) is 16.8 Å². The van der Waals surface area contributed by atoms with Gasteiger partial charge in [0.15, 0.2) is 5.78 Å². The van der Waals surface area contributed by atoms with E-state index >= 15 is 0 Å². The van der Waals surface area contributed by atoms with Crippen LogP contribution in [0.4, 0.5) is 0 Å². The highest BCUT2D eigenvalue weighted by molar-refractivity contribution is 9.10. The van der Waals surface area contributed by atoms with Crippen LogP contribution in [-0.4, -0.2) is 11.6 Å². The van der Waals surface area contributed by atoms with Crippen LogP contribution in [0, 0.1) is 5.92 Å². The van der Waals surface area contributed by atoms with Gasteiger partial charge in [0.1, 0.15) is 11.7 Å². The third-order valence-corrected chi connectivity index (χ3v) is 4.95. The van der Waals surface area contributed by atoms with Gasteiger partial charge in [-0.3, -0.25) is 9.59 Å². The average molecular weight is 351 g/mol. The summed E-state index contributed by atoms with van der Waals surface area (Å²) in [5, 5.41) is 0. The van der Waals surface area contributed by atoms with Crippen molar-refractivity contribution < 1.29 is 9.59 Å². The number of ketones is 2. The van der Waals surface area contributed by atoms with Gasteiger partial charge in [-0.25, -0.2) is 0 Å². The summed E-state index contributed by atoms with van der Waals surface area (Å²) < 4.78 is 1.01. The predicted octanol–water partition coefficient (Wildman–Crippen LogP) is 4.83. The van der Waals surface area contributed by atoms with Crippen LogP contribution in [0.3, 0.4) is 0 Å². The molecule has 1 aliphatic carbocycles. The number of aryl methyl sites for hydroxylation is 1. The molecule has 1 aromatic carbocycles. The topological polar surface area (TPSA) is 34.1 Å². The Balaban J connectivity index is 2.38. The number of halogens is 1. The van der Waals surface area contributed by atoms with Gasteiger partial charge in [0.05, 0.1) is 0 Å². The van der Waals surface area contributed by atoms with E-state index in [2.05, 4.69) is 28.9 Å². The number of carbonyl (C=O) groups excluding carboxylic acids is 2. The van der Waals surface area contributed by atoms with E-state index in [1.807, 2.05) is 19.1 Å². The molecule has 0 aliphatic heterocycles. The van der Waals surface area contributed by atoms with Crippen molar-refractivity contribution in [3.05, 3.63) is 33.8 Å². The summed E-state index contributed by atoms with van der Waals surface area (Å²) in [6, 6.07) is 5.98. The normalized spacial score (nSPS) is 22.6. The first-order valence-corrected chi connectivity index (χ1v) is 8.72. The van der Waals surface area contributed by atoms with E-state index in [4.69, 9.17) is 0 Å². The van der Waals surface area contributed by atoms with Crippen LogP contribution in [0.1, 0.15) is 63.0 Å². The Labute approximate surface area is 135 Å². The van der Waals surface area contributed by atoms with Crippen molar-refractivity contribution in [3.63, 3.8) is 0 Å². The molecule has 0 aromatic heterocycles. The number of hydrogen-bond donors (Lipinski definition) is 0. The van der Waals surface area contributed by atoms with Crippen molar-refractivity contribution in [1.82, 2.24) is 0 Å². The maximum atomic E-state index is 12.6. The molecule has 0 amide bonds. The van der Waals surface area contributed by atoms with Crippen LogP contribution >= 0.6 is 15.9 Å². The van der Waals surface area contributed by atoms with E-state index in [9.17, 15) is 9.59 Å². The zero-order valence-corrected chi connectivity index (χ0v) is 14.4. The molecule has 2 rings (SSSR count). The molecule has 1 fully saturated rings. The van der Waals surface area contributed by atoms with Crippen molar-refractivity contribution in [2.24, 2.45) is 5.92 Å². The van der Waals surface area contributed by atoms with Gasteiger partial charge in [-0.05, 0) is 48.9 Å². The first-order valence-electron chi connectivity index (χ1n) is 7.93. The minimum atomic E-state index is -0.524. The van der Waals surface area contributed by atoms with Crippen molar-refractivity contribution in [3.8, 4) is 0 Å². The van der Waals surface area contributed by atoms with Crippen LogP contribution in [0.5, 0.6) is 0 Å². The molecule has 3 heteroatoms. The van der Waals surface area contributed by atoms with Crippen molar-refractivity contribution in [2.75, 3.05) is 0 Å². The molecule has 0 saturated heterocycles. The summed E-state index contributed by atoms with van der Waals surface area (Å²) in [6.45, 7) is 4.19. The molecule has 114 valence electrons. The van der Waals surface area contributed by atoms with Crippen molar-refractivity contribution in [2.45, 2.75) is 58.3 Å². The second kappa shape index (κ2) is 7.35. The highest BCUT2D eigenvalue weighted by atomic mass is 79.9. The minimum absolute atomic E-state index is 0.0513. The predicted molar refractivity (Wildman–Crippen MR) is 88.5 cm³/mol. The van der Waals surface area contributed by atoms with Gasteiger partial charge in [-0.2, -0.15) is 0 Å². The van der Waals surface area contributed by atoms with Crippen LogP contribution in [0.25, 0.3) is 0 Å². The van der Waals surface area contributed by atoms with E-state index in [1.54, 1.807) is 0 Å². The summed E-state index contributed by atoms with van der Waals surface area (Å²) in [5.41, 5.74) is 2.09. The number of Topliss-reactive ketones (excluding diaryl/α,β-unsaturated/α-hetero) is 2. The Kier molecular flexibility index (Phi) is 5.74. The molecule has 2 unspecified atom stereocenters. The Bertz CT molecular complexity index is 536. The van der Waals surface area contributed by atoms with Gasteiger partial charge in [0.2, 0.25) is 0 Å². The fourth-order valence-electron chi connectivity index (χ4n) is 3.17. The number of carbonyl (C=O) groups is 2. The quantitative estimate of drug-likeness (QED) is 0.712. The lowest BCUT2D eigenvalue weighted by atomic mass is 9.73. The Morgan fingerprint density at radius 2 is 2.00 bits per heavy atom. The molecule has 0 spiro atoms. The van der Waals surface area contributed by atoms with Crippen LogP contribution in [0.2, 0.25) is 0 Å². The van der Waals surface area contributed by atoms with Crippen molar-refractivity contribution >= 4 is 27.5 Å². The maximum Gasteiger partial charge on any atom is 0.150 e. The molecule has 0 bridgehead atoms. The standard InChI is InChI=1S/C18H23BrO2/c1-3-5-6-13-11-14(19)8-9-15(13)17-16(20)10-7-12(4-2)18(17)21/h8-9,11-12,17H,3-7,10H2,1-2H3. The van der Waals surface area contributed by atoms with Gasteiger partial charge in [-0.15, -0.1) is 0 Å². The van der Waals surface area contributed by atoms with E-state index in [0.717, 1.165) is 47.7 Å². The summed E-state index contributed by atoms with van der Waals surface area (Å²) in [5.74, 6) is -0.238. The fourth-order valence-corrected chi connectivity index (χ4v) is 3.58. The lowest BCUT2D eigenvalue weighted by molar-refractivity contribution is -0.135. The average Bonchev–Trinajstić information content (AvgIpc) is 2.47. The molecule has 1 aliphatic rings. The largest absolute Gasteiger partial charge is 0.299 e. The summed E-state index contributed by atoms with van der Waals surface area (Å²) in [4.78, 5) is 25.0. The van der Waals surface area contributed by atoms with E-state index in [0.29, 0.717) is 6.42 Å². The second-order valence-electron chi connectivity index (χ2n) is 5.89. The highest BCUT2D eigenvalue weighted by Gasteiger charge is 2.37. The summed E-state index contributed by atoms with van der Waals surface area (Å²) in [6.07, 6.45) is 5.22. The van der Waals surface area contributed by atoms with Crippen LogP contribution in [0.15, 0.2) is 22.7 Å². The third kappa shape index (κ3) is 3.63.